The average Bonchev–Trinajstić information content (AvgIpc) is 3.18. The van der Waals surface area contributed by atoms with Crippen LogP contribution in [0.5, 0.6) is 0 Å². The topological polar surface area (TPSA) is 81.7 Å². The molecule has 8 nitrogen and oxygen atoms in total. The fourth-order valence-electron chi connectivity index (χ4n) is 4.90. The smallest absolute Gasteiger partial charge is 0.410 e. The first-order chi connectivity index (χ1) is 17.0. The minimum Gasteiger partial charge on any atom is -0.444 e. The fraction of sp³-hybridized carbons (Fsp3) is 0.407. The van der Waals surface area contributed by atoms with E-state index < -0.39 is 11.4 Å². The van der Waals surface area contributed by atoms with Gasteiger partial charge in [-0.15, -0.1) is 0 Å². The zero-order chi connectivity index (χ0) is 25.8. The van der Waals surface area contributed by atoms with E-state index >= 15 is 0 Å². The summed E-state index contributed by atoms with van der Waals surface area (Å²) >= 11 is 0. The molecule has 2 atom stereocenters. The van der Waals surface area contributed by atoms with Crippen LogP contribution in [0.1, 0.15) is 52.3 Å². The molecule has 0 saturated carbocycles. The molecule has 0 aromatic carbocycles. The van der Waals surface area contributed by atoms with Gasteiger partial charge in [0, 0.05) is 42.8 Å². The molecular weight excluding hydrogens is 461 g/mol. The van der Waals surface area contributed by atoms with Crippen LogP contribution >= 0.6 is 0 Å². The molecule has 1 aliphatic heterocycles. The summed E-state index contributed by atoms with van der Waals surface area (Å²) in [6, 6.07) is 6.64. The Hall–Kier alpha value is -3.75. The lowest BCUT2D eigenvalue weighted by molar-refractivity contribution is 0.00773. The summed E-state index contributed by atoms with van der Waals surface area (Å²) in [4.78, 5) is 36.5. The lowest BCUT2D eigenvalue weighted by Crippen LogP contribution is -2.47. The van der Waals surface area contributed by atoms with E-state index in [4.69, 9.17) is 4.74 Å². The van der Waals surface area contributed by atoms with Crippen LogP contribution in [0, 0.1) is 12.7 Å². The summed E-state index contributed by atoms with van der Waals surface area (Å²) in [6.45, 7) is 9.86. The van der Waals surface area contributed by atoms with Gasteiger partial charge >= 0.3 is 6.09 Å². The van der Waals surface area contributed by atoms with Gasteiger partial charge in [-0.25, -0.2) is 19.2 Å². The number of fused-ring (bicyclic) bond motifs is 2. The van der Waals surface area contributed by atoms with Gasteiger partial charge in [-0.3, -0.25) is 4.79 Å². The van der Waals surface area contributed by atoms with Crippen LogP contribution in [0.4, 0.5) is 9.18 Å². The van der Waals surface area contributed by atoms with Gasteiger partial charge in [0.05, 0.1) is 22.3 Å². The monoisotopic (exact) mass is 491 g/mol. The summed E-state index contributed by atoms with van der Waals surface area (Å²) < 4.78 is 23.5. The average molecular weight is 492 g/mol. The number of hydrogen-bond donors (Lipinski definition) is 0. The van der Waals surface area contributed by atoms with Crippen molar-refractivity contribution < 1.29 is 13.9 Å². The molecule has 0 aliphatic carbocycles. The predicted molar refractivity (Wildman–Crippen MR) is 136 cm³/mol. The third-order valence-corrected chi connectivity index (χ3v) is 6.58. The zero-order valence-corrected chi connectivity index (χ0v) is 21.2. The second-order valence-electron chi connectivity index (χ2n) is 10.5. The molecule has 0 radical (unpaired) electrons. The Kier molecular flexibility index (Phi) is 5.81. The summed E-state index contributed by atoms with van der Waals surface area (Å²) in [7, 11) is 0. The van der Waals surface area contributed by atoms with Crippen molar-refractivity contribution in [2.75, 3.05) is 6.54 Å². The molecule has 4 aromatic rings. The molecule has 188 valence electrons. The summed E-state index contributed by atoms with van der Waals surface area (Å²) in [5, 5.41) is 0.503. The van der Waals surface area contributed by atoms with Crippen molar-refractivity contribution in [3.8, 4) is 11.3 Å². The highest BCUT2D eigenvalue weighted by molar-refractivity contribution is 5.80. The van der Waals surface area contributed by atoms with Crippen molar-refractivity contribution in [3.05, 3.63) is 64.7 Å². The third kappa shape index (κ3) is 4.45. The van der Waals surface area contributed by atoms with Crippen molar-refractivity contribution in [2.24, 2.45) is 0 Å². The van der Waals surface area contributed by atoms with E-state index in [1.165, 1.54) is 6.07 Å². The number of pyridine rings is 3. The molecule has 36 heavy (non-hydrogen) atoms. The largest absolute Gasteiger partial charge is 0.444 e. The Morgan fingerprint density at radius 1 is 1.17 bits per heavy atom. The van der Waals surface area contributed by atoms with Gasteiger partial charge in [-0.1, -0.05) is 0 Å². The van der Waals surface area contributed by atoms with Crippen LogP contribution in [-0.4, -0.2) is 48.1 Å². The molecule has 5 heterocycles. The Balaban J connectivity index is 1.41. The van der Waals surface area contributed by atoms with Gasteiger partial charge in [0.2, 0.25) is 0 Å². The Labute approximate surface area is 208 Å². The number of aryl methyl sites for hydroxylation is 1. The first kappa shape index (κ1) is 24.0. The number of carbonyl (C=O) groups excluding carboxylic acids is 1. The van der Waals surface area contributed by atoms with E-state index in [1.807, 2.05) is 40.7 Å². The maximum atomic E-state index is 14.6. The number of amides is 1. The summed E-state index contributed by atoms with van der Waals surface area (Å²) in [5.74, 6) is -0.426. The van der Waals surface area contributed by atoms with E-state index in [2.05, 4.69) is 9.97 Å². The number of imidazole rings is 1. The minimum absolute atomic E-state index is 0.0313. The Morgan fingerprint density at radius 2 is 1.94 bits per heavy atom. The highest BCUT2D eigenvalue weighted by atomic mass is 19.1. The van der Waals surface area contributed by atoms with Crippen LogP contribution in [0.3, 0.4) is 0 Å². The van der Waals surface area contributed by atoms with Gasteiger partial charge in [-0.2, -0.15) is 0 Å². The van der Waals surface area contributed by atoms with E-state index in [0.29, 0.717) is 41.5 Å². The van der Waals surface area contributed by atoms with E-state index in [1.54, 1.807) is 44.6 Å². The maximum absolute atomic E-state index is 14.6. The molecule has 0 spiro atoms. The highest BCUT2D eigenvalue weighted by Crippen LogP contribution is 2.28. The number of nitrogens with zero attached hydrogens (tertiary/aromatic N) is 5. The highest BCUT2D eigenvalue weighted by Gasteiger charge is 2.32. The van der Waals surface area contributed by atoms with Gasteiger partial charge in [0.25, 0.3) is 5.56 Å². The number of halogens is 1. The third-order valence-electron chi connectivity index (χ3n) is 6.58. The number of aromatic nitrogens is 4. The van der Waals surface area contributed by atoms with E-state index in [9.17, 15) is 14.0 Å². The number of ether oxygens (including phenoxy) is 1. The summed E-state index contributed by atoms with van der Waals surface area (Å²) in [5.41, 5.74) is 2.05. The van der Waals surface area contributed by atoms with E-state index in [0.717, 1.165) is 5.69 Å². The predicted octanol–water partition coefficient (Wildman–Crippen LogP) is 5.12. The van der Waals surface area contributed by atoms with Crippen molar-refractivity contribution >= 4 is 22.6 Å². The quantitative estimate of drug-likeness (QED) is 0.389. The van der Waals surface area contributed by atoms with Crippen molar-refractivity contribution in [2.45, 2.75) is 65.1 Å². The van der Waals surface area contributed by atoms with Crippen molar-refractivity contribution in [3.63, 3.8) is 0 Å². The first-order valence-electron chi connectivity index (χ1n) is 12.2. The number of piperidine rings is 1. The maximum Gasteiger partial charge on any atom is 0.410 e. The first-order valence-corrected chi connectivity index (χ1v) is 12.2. The number of hydrogen-bond acceptors (Lipinski definition) is 5. The molecule has 4 aromatic heterocycles. The summed E-state index contributed by atoms with van der Waals surface area (Å²) in [6.07, 6.45) is 6.30. The standard InChI is InChI=1S/C27H30FN5O3/c1-16-14-31-15-18(13-21(28)24(31)29-16)22-7-6-20-23(30-22)9-11-33(25(20)34)19-8-10-32(17(2)12-19)26(35)36-27(3,4)5/h6-7,9,11,13-15,17,19H,8,10,12H2,1-5H3/t17-,19-/m0/s1. The number of likely N-dealkylation sites (tertiary alicyclic amines) is 1. The molecule has 0 unspecified atom stereocenters. The minimum atomic E-state index is -0.552. The number of carbonyl (C=O) groups is 1. The molecule has 1 amide bonds. The molecule has 5 rings (SSSR count). The van der Waals surface area contributed by atoms with Gasteiger partial charge < -0.3 is 18.6 Å². The molecule has 1 aliphatic rings. The normalized spacial score (nSPS) is 18.7. The Bertz CT molecular complexity index is 1530. The van der Waals surface area contributed by atoms with Gasteiger partial charge in [0.1, 0.15) is 5.60 Å². The van der Waals surface area contributed by atoms with Crippen LogP contribution < -0.4 is 5.56 Å². The lowest BCUT2D eigenvalue weighted by Gasteiger charge is -2.38. The Morgan fingerprint density at radius 3 is 2.67 bits per heavy atom. The van der Waals surface area contributed by atoms with Crippen molar-refractivity contribution in [1.82, 2.24) is 23.8 Å². The van der Waals surface area contributed by atoms with Crippen molar-refractivity contribution in [1.29, 1.82) is 0 Å². The molecule has 1 saturated heterocycles. The molecule has 9 heteroatoms. The molecular formula is C27H30FN5O3. The fourth-order valence-corrected chi connectivity index (χ4v) is 4.90. The van der Waals surface area contributed by atoms with Gasteiger partial charge in [0.15, 0.2) is 11.5 Å². The second-order valence-corrected chi connectivity index (χ2v) is 10.5. The lowest BCUT2D eigenvalue weighted by atomic mass is 9.98. The van der Waals surface area contributed by atoms with Crippen LogP contribution in [-0.2, 0) is 4.74 Å². The van der Waals surface area contributed by atoms with Crippen LogP contribution in [0.25, 0.3) is 27.8 Å². The molecule has 1 fully saturated rings. The van der Waals surface area contributed by atoms with Crippen LogP contribution in [0.2, 0.25) is 0 Å². The number of rotatable bonds is 2. The SMILES string of the molecule is Cc1cn2cc(-c3ccc4c(=O)n([C@H]5CCN(C(=O)OC(C)(C)C)[C@@H](C)C5)ccc4n3)cc(F)c2n1. The molecule has 0 N–H and O–H groups in total. The van der Waals surface area contributed by atoms with E-state index in [-0.39, 0.29) is 29.4 Å². The van der Waals surface area contributed by atoms with Gasteiger partial charge in [-0.05, 0) is 71.7 Å². The van der Waals surface area contributed by atoms with Crippen LogP contribution in [0.15, 0.2) is 47.7 Å². The zero-order valence-electron chi connectivity index (χ0n) is 21.2. The molecule has 0 bridgehead atoms. The second kappa shape index (κ2) is 8.72.